The van der Waals surface area contributed by atoms with E-state index in [1.807, 2.05) is 6.07 Å². The van der Waals surface area contributed by atoms with Gasteiger partial charge in [0.05, 0.1) is 0 Å². The van der Waals surface area contributed by atoms with Crippen molar-refractivity contribution in [3.8, 4) is 17.2 Å². The minimum Gasteiger partial charge on any atom is -0.508 e. The molecule has 6 heteroatoms. The van der Waals surface area contributed by atoms with E-state index in [1.165, 1.54) is 69.9 Å². The number of para-hydroxylation sites is 1. The van der Waals surface area contributed by atoms with Gasteiger partial charge in [0.15, 0.2) is 5.75 Å². The van der Waals surface area contributed by atoms with E-state index in [0.29, 0.717) is 17.7 Å². The van der Waals surface area contributed by atoms with Gasteiger partial charge >= 0.3 is 0 Å². The number of hydrogen-bond acceptors (Lipinski definition) is 4. The summed E-state index contributed by atoms with van der Waals surface area (Å²) in [5.41, 5.74) is 0.380. The van der Waals surface area contributed by atoms with Crippen molar-refractivity contribution in [1.82, 2.24) is 0 Å². The van der Waals surface area contributed by atoms with Gasteiger partial charge < -0.3 is 9.84 Å². The van der Waals surface area contributed by atoms with Gasteiger partial charge in [-0.2, -0.15) is 8.42 Å². The van der Waals surface area contributed by atoms with Gasteiger partial charge in [-0.25, -0.2) is 0 Å². The summed E-state index contributed by atoms with van der Waals surface area (Å²) in [6.45, 7) is 2.24. The van der Waals surface area contributed by atoms with E-state index in [-0.39, 0.29) is 16.4 Å². The second-order valence-corrected chi connectivity index (χ2v) is 9.82. The van der Waals surface area contributed by atoms with Crippen molar-refractivity contribution in [2.75, 3.05) is 0 Å². The van der Waals surface area contributed by atoms with E-state index in [2.05, 4.69) is 6.92 Å². The van der Waals surface area contributed by atoms with Crippen LogP contribution in [0.4, 0.5) is 0 Å². The van der Waals surface area contributed by atoms with Gasteiger partial charge in [-0.05, 0) is 36.6 Å². The zero-order valence-electron chi connectivity index (χ0n) is 19.3. The number of phenolic OH excluding ortho intramolecular Hbond substituents is 1. The molecule has 0 unspecified atom stereocenters. The number of rotatable bonds is 16. The van der Waals surface area contributed by atoms with Crippen LogP contribution in [0.25, 0.3) is 0 Å². The summed E-state index contributed by atoms with van der Waals surface area (Å²) in [7, 11) is -4.50. The molecule has 32 heavy (non-hydrogen) atoms. The first-order chi connectivity index (χ1) is 15.4. The van der Waals surface area contributed by atoms with E-state index in [0.717, 1.165) is 19.3 Å². The van der Waals surface area contributed by atoms with Crippen LogP contribution in [0.5, 0.6) is 17.2 Å². The van der Waals surface area contributed by atoms with Gasteiger partial charge in [0.25, 0.3) is 10.1 Å². The molecule has 0 radical (unpaired) electrons. The van der Waals surface area contributed by atoms with Crippen molar-refractivity contribution in [3.05, 3.63) is 48.0 Å². The summed E-state index contributed by atoms with van der Waals surface area (Å²) < 4.78 is 39.7. The van der Waals surface area contributed by atoms with Gasteiger partial charge in [-0.1, -0.05) is 95.8 Å². The highest BCUT2D eigenvalue weighted by Crippen LogP contribution is 2.36. The van der Waals surface area contributed by atoms with Gasteiger partial charge in [0, 0.05) is 6.07 Å². The quantitative estimate of drug-likeness (QED) is 0.197. The van der Waals surface area contributed by atoms with Crippen LogP contribution in [-0.4, -0.2) is 18.1 Å². The fourth-order valence-electron chi connectivity index (χ4n) is 3.97. The molecule has 0 atom stereocenters. The molecule has 0 saturated heterocycles. The predicted molar refractivity (Wildman–Crippen MR) is 129 cm³/mol. The molecule has 0 heterocycles. The van der Waals surface area contributed by atoms with Crippen LogP contribution >= 0.6 is 0 Å². The summed E-state index contributed by atoms with van der Waals surface area (Å²) in [6.07, 6.45) is 15.0. The number of aromatic hydroxyl groups is 1. The molecule has 0 saturated carbocycles. The van der Waals surface area contributed by atoms with Crippen molar-refractivity contribution < 1.29 is 22.8 Å². The van der Waals surface area contributed by atoms with Crippen LogP contribution in [-0.2, 0) is 16.5 Å². The fourth-order valence-corrected chi connectivity index (χ4v) is 4.82. The van der Waals surface area contributed by atoms with Crippen LogP contribution in [0.15, 0.2) is 47.4 Å². The van der Waals surface area contributed by atoms with Crippen molar-refractivity contribution in [2.24, 2.45) is 0 Å². The Morgan fingerprint density at radius 2 is 1.31 bits per heavy atom. The maximum atomic E-state index is 12.1. The summed E-state index contributed by atoms with van der Waals surface area (Å²) in [5.74, 6) is 0.282. The summed E-state index contributed by atoms with van der Waals surface area (Å²) in [4.78, 5) is -0.262. The number of aryl methyl sites for hydroxylation is 1. The first-order valence-corrected chi connectivity index (χ1v) is 13.4. The zero-order valence-corrected chi connectivity index (χ0v) is 20.1. The van der Waals surface area contributed by atoms with Crippen molar-refractivity contribution in [2.45, 2.75) is 95.3 Å². The second kappa shape index (κ2) is 14.2. The lowest BCUT2D eigenvalue weighted by Crippen LogP contribution is -2.06. The molecule has 2 aromatic carbocycles. The molecule has 2 aromatic rings. The lowest BCUT2D eigenvalue weighted by atomic mass is 10.0. The molecule has 2 rings (SSSR count). The maximum absolute atomic E-state index is 12.1. The second-order valence-electron chi connectivity index (χ2n) is 8.46. The third-order valence-electron chi connectivity index (χ3n) is 5.65. The molecule has 0 bridgehead atoms. The van der Waals surface area contributed by atoms with E-state index in [9.17, 15) is 18.1 Å². The Labute approximate surface area is 193 Å². The first-order valence-electron chi connectivity index (χ1n) is 12.0. The molecule has 5 nitrogen and oxygen atoms in total. The predicted octanol–water partition coefficient (Wildman–Crippen LogP) is 7.67. The summed E-state index contributed by atoms with van der Waals surface area (Å²) >= 11 is 0. The third-order valence-corrected chi connectivity index (χ3v) is 6.62. The van der Waals surface area contributed by atoms with E-state index in [4.69, 9.17) is 4.74 Å². The summed E-state index contributed by atoms with van der Waals surface area (Å²) in [6, 6.07) is 11.3. The third kappa shape index (κ3) is 9.61. The van der Waals surface area contributed by atoms with E-state index in [1.54, 1.807) is 24.3 Å². The molecule has 0 aromatic heterocycles. The molecule has 178 valence electrons. The lowest BCUT2D eigenvalue weighted by molar-refractivity contribution is 0.434. The van der Waals surface area contributed by atoms with Gasteiger partial charge in [0.2, 0.25) is 0 Å². The highest BCUT2D eigenvalue weighted by atomic mass is 32.2. The molecule has 0 aliphatic heterocycles. The van der Waals surface area contributed by atoms with Crippen LogP contribution in [0.1, 0.15) is 89.5 Å². The Bertz CT molecular complexity index is 894. The SMILES string of the molecule is CCCCCCCCCCCCCCc1cc(O)cc(Oc2ccccc2)c1S(=O)(=O)O. The van der Waals surface area contributed by atoms with E-state index < -0.39 is 10.1 Å². The number of hydrogen-bond donors (Lipinski definition) is 2. The fraction of sp³-hybridized carbons (Fsp3) is 0.538. The largest absolute Gasteiger partial charge is 0.508 e. The average Bonchev–Trinajstić information content (AvgIpc) is 2.74. The molecule has 0 aliphatic rings. The standard InChI is InChI=1S/C26H38O5S/c1-2-3-4-5-6-7-8-9-10-11-12-14-17-22-20-23(27)21-25(26(22)32(28,29)30)31-24-18-15-13-16-19-24/h13,15-16,18-21,27H,2-12,14,17H2,1H3,(H,28,29,30). The Balaban J connectivity index is 1.84. The molecule has 0 aliphatic carbocycles. The van der Waals surface area contributed by atoms with Gasteiger partial charge in [0.1, 0.15) is 16.4 Å². The topological polar surface area (TPSA) is 83.8 Å². The molecule has 0 fully saturated rings. The summed E-state index contributed by atoms with van der Waals surface area (Å²) in [5, 5.41) is 10.1. The minimum atomic E-state index is -4.50. The molecule has 0 amide bonds. The maximum Gasteiger partial charge on any atom is 0.298 e. The number of unbranched alkanes of at least 4 members (excludes halogenated alkanes) is 11. The zero-order chi connectivity index (χ0) is 23.2. The number of benzene rings is 2. The number of ether oxygens (including phenoxy) is 1. The minimum absolute atomic E-state index is 0.0624. The molecule has 2 N–H and O–H groups in total. The van der Waals surface area contributed by atoms with Gasteiger partial charge in [-0.15, -0.1) is 0 Å². The average molecular weight is 463 g/mol. The monoisotopic (exact) mass is 462 g/mol. The van der Waals surface area contributed by atoms with Crippen LogP contribution in [0, 0.1) is 0 Å². The highest BCUT2D eigenvalue weighted by molar-refractivity contribution is 7.86. The Kier molecular flexibility index (Phi) is 11.6. The van der Waals surface area contributed by atoms with E-state index >= 15 is 0 Å². The van der Waals surface area contributed by atoms with Crippen LogP contribution in [0.2, 0.25) is 0 Å². The first kappa shape index (κ1) is 26.2. The molecular formula is C26H38O5S. The molecule has 0 spiro atoms. The highest BCUT2D eigenvalue weighted by Gasteiger charge is 2.23. The smallest absolute Gasteiger partial charge is 0.298 e. The Morgan fingerprint density at radius 3 is 1.84 bits per heavy atom. The van der Waals surface area contributed by atoms with Crippen LogP contribution in [0.3, 0.4) is 0 Å². The number of phenols is 1. The molecular weight excluding hydrogens is 424 g/mol. The Hall–Kier alpha value is -2.05. The van der Waals surface area contributed by atoms with Crippen LogP contribution < -0.4 is 4.74 Å². The van der Waals surface area contributed by atoms with Gasteiger partial charge in [-0.3, -0.25) is 4.55 Å². The van der Waals surface area contributed by atoms with Crippen molar-refractivity contribution in [1.29, 1.82) is 0 Å². The normalized spacial score (nSPS) is 11.6. The Morgan fingerprint density at radius 1 is 0.781 bits per heavy atom. The van der Waals surface area contributed by atoms with Crippen molar-refractivity contribution >= 4 is 10.1 Å². The van der Waals surface area contributed by atoms with Crippen molar-refractivity contribution in [3.63, 3.8) is 0 Å². The lowest BCUT2D eigenvalue weighted by Gasteiger charge is -2.14.